The molecule has 0 saturated carbocycles. The number of rotatable bonds is 6. The molecule has 0 fully saturated rings. The van der Waals surface area contributed by atoms with Gasteiger partial charge in [-0.1, -0.05) is 35.5 Å². The van der Waals surface area contributed by atoms with E-state index in [-0.39, 0.29) is 0 Å². The fourth-order valence-electron chi connectivity index (χ4n) is 2.90. The van der Waals surface area contributed by atoms with E-state index in [2.05, 4.69) is 51.8 Å². The van der Waals surface area contributed by atoms with Crippen LogP contribution >= 0.6 is 11.8 Å². The first-order valence-electron chi connectivity index (χ1n) is 8.75. The molecule has 0 radical (unpaired) electrons. The molecule has 3 aromatic heterocycles. The van der Waals surface area contributed by atoms with Crippen LogP contribution in [0.25, 0.3) is 11.4 Å². The molecule has 0 aliphatic rings. The highest BCUT2D eigenvalue weighted by Gasteiger charge is 2.16. The first-order valence-corrected chi connectivity index (χ1v) is 9.74. The lowest BCUT2D eigenvalue weighted by Crippen LogP contribution is -2.03. The Balaban J connectivity index is 1.65. The maximum Gasteiger partial charge on any atom is 0.192 e. The number of pyridine rings is 1. The molecule has 4 aromatic rings. The third-order valence-electron chi connectivity index (χ3n) is 4.39. The number of nitrogens with zero attached hydrogens (tertiary/aromatic N) is 4. The SMILES string of the molecule is Cc1ccc(C)c(CSc2nnc(-c3cccnc3)n2Cc2ccco2)c1. The molecule has 27 heavy (non-hydrogen) atoms. The van der Waals surface area contributed by atoms with Gasteiger partial charge in [0.2, 0.25) is 0 Å². The Labute approximate surface area is 162 Å². The molecule has 0 spiro atoms. The third-order valence-corrected chi connectivity index (χ3v) is 5.41. The summed E-state index contributed by atoms with van der Waals surface area (Å²) >= 11 is 1.69. The third kappa shape index (κ3) is 3.95. The van der Waals surface area contributed by atoms with E-state index in [4.69, 9.17) is 4.42 Å². The first-order chi connectivity index (χ1) is 13.2. The van der Waals surface area contributed by atoms with Gasteiger partial charge < -0.3 is 4.42 Å². The van der Waals surface area contributed by atoms with Crippen LogP contribution in [-0.2, 0) is 12.3 Å². The minimum Gasteiger partial charge on any atom is -0.467 e. The molecule has 5 nitrogen and oxygen atoms in total. The van der Waals surface area contributed by atoms with Gasteiger partial charge in [-0.2, -0.15) is 0 Å². The van der Waals surface area contributed by atoms with Gasteiger partial charge >= 0.3 is 0 Å². The number of aryl methyl sites for hydroxylation is 2. The van der Waals surface area contributed by atoms with Gasteiger partial charge in [-0.25, -0.2) is 0 Å². The highest BCUT2D eigenvalue weighted by molar-refractivity contribution is 7.98. The predicted octanol–water partition coefficient (Wildman–Crippen LogP) is 4.89. The van der Waals surface area contributed by atoms with Crippen molar-refractivity contribution in [2.75, 3.05) is 0 Å². The molecule has 0 N–H and O–H groups in total. The highest BCUT2D eigenvalue weighted by Crippen LogP contribution is 2.28. The van der Waals surface area contributed by atoms with Crippen molar-refractivity contribution in [2.24, 2.45) is 0 Å². The van der Waals surface area contributed by atoms with Gasteiger partial charge in [-0.3, -0.25) is 9.55 Å². The van der Waals surface area contributed by atoms with Gasteiger partial charge in [0.1, 0.15) is 5.76 Å². The van der Waals surface area contributed by atoms with Crippen LogP contribution in [0.4, 0.5) is 0 Å². The average Bonchev–Trinajstić information content (AvgIpc) is 3.34. The molecule has 4 rings (SSSR count). The molecule has 1 aromatic carbocycles. The maximum atomic E-state index is 5.55. The lowest BCUT2D eigenvalue weighted by atomic mass is 10.1. The number of aromatic nitrogens is 4. The van der Waals surface area contributed by atoms with E-state index in [0.717, 1.165) is 28.1 Å². The monoisotopic (exact) mass is 376 g/mol. The second-order valence-corrected chi connectivity index (χ2v) is 7.37. The Morgan fingerprint density at radius 1 is 1.07 bits per heavy atom. The molecule has 0 atom stereocenters. The van der Waals surface area contributed by atoms with Crippen LogP contribution in [-0.4, -0.2) is 19.7 Å². The Morgan fingerprint density at radius 2 is 2.00 bits per heavy atom. The topological polar surface area (TPSA) is 56.7 Å². The summed E-state index contributed by atoms with van der Waals surface area (Å²) in [6.07, 6.45) is 5.25. The van der Waals surface area contributed by atoms with E-state index in [0.29, 0.717) is 6.54 Å². The van der Waals surface area contributed by atoms with Crippen LogP contribution in [0.5, 0.6) is 0 Å². The zero-order valence-electron chi connectivity index (χ0n) is 15.3. The maximum absolute atomic E-state index is 5.55. The van der Waals surface area contributed by atoms with Crippen molar-refractivity contribution >= 4 is 11.8 Å². The average molecular weight is 376 g/mol. The van der Waals surface area contributed by atoms with E-state index in [9.17, 15) is 0 Å². The van der Waals surface area contributed by atoms with Crippen LogP contribution in [0.3, 0.4) is 0 Å². The summed E-state index contributed by atoms with van der Waals surface area (Å²) in [7, 11) is 0. The molecule has 0 bridgehead atoms. The van der Waals surface area contributed by atoms with E-state index < -0.39 is 0 Å². The minimum absolute atomic E-state index is 0.583. The second-order valence-electron chi connectivity index (χ2n) is 6.43. The number of benzene rings is 1. The van der Waals surface area contributed by atoms with Crippen LogP contribution in [0.15, 0.2) is 70.7 Å². The predicted molar refractivity (Wildman–Crippen MR) is 107 cm³/mol. The fourth-order valence-corrected chi connectivity index (χ4v) is 3.90. The van der Waals surface area contributed by atoms with Crippen molar-refractivity contribution in [3.8, 4) is 11.4 Å². The summed E-state index contributed by atoms with van der Waals surface area (Å²) < 4.78 is 7.64. The van der Waals surface area contributed by atoms with Crippen molar-refractivity contribution in [3.05, 3.63) is 83.6 Å². The molecule has 0 saturated heterocycles. The zero-order valence-corrected chi connectivity index (χ0v) is 16.1. The van der Waals surface area contributed by atoms with Crippen LogP contribution < -0.4 is 0 Å². The van der Waals surface area contributed by atoms with E-state index >= 15 is 0 Å². The zero-order chi connectivity index (χ0) is 18.6. The van der Waals surface area contributed by atoms with Gasteiger partial charge in [-0.15, -0.1) is 10.2 Å². The van der Waals surface area contributed by atoms with Gasteiger partial charge in [0.15, 0.2) is 11.0 Å². The molecular weight excluding hydrogens is 356 g/mol. The largest absolute Gasteiger partial charge is 0.467 e. The normalized spacial score (nSPS) is 11.0. The van der Waals surface area contributed by atoms with Crippen molar-refractivity contribution in [1.29, 1.82) is 0 Å². The van der Waals surface area contributed by atoms with Crippen molar-refractivity contribution in [3.63, 3.8) is 0 Å². The van der Waals surface area contributed by atoms with Gasteiger partial charge in [0.25, 0.3) is 0 Å². The summed E-state index contributed by atoms with van der Waals surface area (Å²) in [6, 6.07) is 14.3. The van der Waals surface area contributed by atoms with Crippen molar-refractivity contribution in [2.45, 2.75) is 31.3 Å². The molecule has 0 aliphatic carbocycles. The summed E-state index contributed by atoms with van der Waals surface area (Å²) in [5.41, 5.74) is 4.81. The smallest absolute Gasteiger partial charge is 0.192 e. The van der Waals surface area contributed by atoms with Gasteiger partial charge in [0, 0.05) is 23.7 Å². The number of hydrogen-bond donors (Lipinski definition) is 0. The Kier molecular flexibility index (Phi) is 5.07. The standard InChI is InChI=1S/C21H20N4OS/c1-15-7-8-16(2)18(11-15)14-27-21-24-23-20(17-5-3-9-22-12-17)25(21)13-19-6-4-10-26-19/h3-12H,13-14H2,1-2H3. The van der Waals surface area contributed by atoms with Crippen molar-refractivity contribution in [1.82, 2.24) is 19.7 Å². The van der Waals surface area contributed by atoms with Crippen LogP contribution in [0, 0.1) is 13.8 Å². The number of furan rings is 1. The van der Waals surface area contributed by atoms with E-state index in [1.54, 1.807) is 24.2 Å². The quantitative estimate of drug-likeness (QED) is 0.448. The summed E-state index contributed by atoms with van der Waals surface area (Å²) in [5.74, 6) is 2.51. The van der Waals surface area contributed by atoms with Crippen LogP contribution in [0.2, 0.25) is 0 Å². The molecule has 136 valence electrons. The van der Waals surface area contributed by atoms with E-state index in [1.165, 1.54) is 16.7 Å². The fraction of sp³-hybridized carbons (Fsp3) is 0.190. The number of hydrogen-bond acceptors (Lipinski definition) is 5. The molecule has 6 heteroatoms. The van der Waals surface area contributed by atoms with Gasteiger partial charge in [-0.05, 0) is 49.2 Å². The molecule has 0 aliphatic heterocycles. The first kappa shape index (κ1) is 17.5. The Bertz CT molecular complexity index is 1030. The summed E-state index contributed by atoms with van der Waals surface area (Å²) in [4.78, 5) is 4.21. The van der Waals surface area contributed by atoms with Crippen molar-refractivity contribution < 1.29 is 4.42 Å². The Morgan fingerprint density at radius 3 is 2.78 bits per heavy atom. The highest BCUT2D eigenvalue weighted by atomic mass is 32.2. The minimum atomic E-state index is 0.583. The molecule has 3 heterocycles. The van der Waals surface area contributed by atoms with E-state index in [1.807, 2.05) is 30.5 Å². The van der Waals surface area contributed by atoms with Gasteiger partial charge in [0.05, 0.1) is 12.8 Å². The number of thioether (sulfide) groups is 1. The second kappa shape index (κ2) is 7.80. The summed E-state index contributed by atoms with van der Waals surface area (Å²) in [5, 5.41) is 9.74. The molecule has 0 amide bonds. The lowest BCUT2D eigenvalue weighted by molar-refractivity contribution is 0.485. The van der Waals surface area contributed by atoms with Crippen LogP contribution in [0.1, 0.15) is 22.5 Å². The molecular formula is C21H20N4OS. The summed E-state index contributed by atoms with van der Waals surface area (Å²) in [6.45, 7) is 4.84. The molecule has 0 unspecified atom stereocenters. The lowest BCUT2D eigenvalue weighted by Gasteiger charge is -2.10. The Hall–Kier alpha value is -2.86.